The Morgan fingerprint density at radius 3 is 1.23 bits per heavy atom. The summed E-state index contributed by atoms with van der Waals surface area (Å²) in [6, 6.07) is 18.4. The van der Waals surface area contributed by atoms with Crippen molar-refractivity contribution in [3.63, 3.8) is 0 Å². The molecule has 3 rings (SSSR count). The quantitative estimate of drug-likeness (QED) is 0.149. The van der Waals surface area contributed by atoms with E-state index in [-0.39, 0.29) is 0 Å². The number of benzene rings is 3. The molecule has 31 heavy (non-hydrogen) atoms. The Morgan fingerprint density at radius 1 is 0.581 bits per heavy atom. The van der Waals surface area contributed by atoms with Gasteiger partial charge in [0.05, 0.1) is 0 Å². The van der Waals surface area contributed by atoms with E-state index < -0.39 is 0 Å². The van der Waals surface area contributed by atoms with Gasteiger partial charge in [0, 0.05) is 33.7 Å². The Morgan fingerprint density at radius 2 is 0.903 bits per heavy atom. The topological polar surface area (TPSA) is 17.1 Å². The number of halogens is 3. The van der Waals surface area contributed by atoms with E-state index in [4.69, 9.17) is 0 Å². The zero-order valence-electron chi connectivity index (χ0n) is 17.2. The second kappa shape index (κ2) is 14.0. The summed E-state index contributed by atoms with van der Waals surface area (Å²) in [6.07, 6.45) is 11.4. The van der Waals surface area contributed by atoms with Crippen molar-refractivity contribution in [2.24, 2.45) is 0 Å². The number of carbonyl (C=O) groups is 1. The van der Waals surface area contributed by atoms with Gasteiger partial charge in [-0.25, -0.2) is 0 Å². The minimum Gasteiger partial charge on any atom is -0.298 e. The highest BCUT2D eigenvalue weighted by atomic mass is 79.9. The minimum atomic E-state index is 0.742. The molecule has 0 aliphatic heterocycles. The molecule has 0 radical (unpaired) electrons. The van der Waals surface area contributed by atoms with Crippen LogP contribution in [0.25, 0.3) is 12.2 Å². The molecule has 0 saturated heterocycles. The van der Waals surface area contributed by atoms with Crippen molar-refractivity contribution < 1.29 is 4.79 Å². The molecule has 7 heteroatoms. The predicted octanol–water partition coefficient (Wildman–Crippen LogP) is 9.81. The molecule has 0 aliphatic rings. The van der Waals surface area contributed by atoms with E-state index in [0.29, 0.717) is 0 Å². The fraction of sp³-hybridized carbons (Fsp3) is 0.125. The Balaban J connectivity index is 0.000000262. The van der Waals surface area contributed by atoms with E-state index in [9.17, 15) is 4.79 Å². The van der Waals surface area contributed by atoms with Crippen molar-refractivity contribution >= 4 is 102 Å². The van der Waals surface area contributed by atoms with Crippen molar-refractivity contribution in [1.29, 1.82) is 0 Å². The molecule has 0 aliphatic carbocycles. The molecule has 0 amide bonds. The van der Waals surface area contributed by atoms with Crippen molar-refractivity contribution in [1.82, 2.24) is 0 Å². The van der Waals surface area contributed by atoms with Gasteiger partial charge in [-0.2, -0.15) is 0 Å². The number of aldehydes is 1. The summed E-state index contributed by atoms with van der Waals surface area (Å²) in [7, 11) is 0. The lowest BCUT2D eigenvalue weighted by molar-refractivity contribution is 0.112. The van der Waals surface area contributed by atoms with Crippen LogP contribution in [0, 0.1) is 0 Å². The molecule has 162 valence electrons. The van der Waals surface area contributed by atoms with Crippen LogP contribution in [0.15, 0.2) is 82.7 Å². The van der Waals surface area contributed by atoms with Gasteiger partial charge in [0.15, 0.2) is 6.29 Å². The lowest BCUT2D eigenvalue weighted by atomic mass is 10.1. The Bertz CT molecular complexity index is 1010. The third kappa shape index (κ3) is 8.45. The number of hydrogen-bond acceptors (Lipinski definition) is 4. The second-order valence-corrected chi connectivity index (χ2v) is 11.4. The number of thioether (sulfide) groups is 3. The van der Waals surface area contributed by atoms with Crippen LogP contribution in [0.2, 0.25) is 0 Å². The van der Waals surface area contributed by atoms with Gasteiger partial charge in [0.2, 0.25) is 0 Å². The number of hydrogen-bond donors (Lipinski definition) is 0. The van der Waals surface area contributed by atoms with Crippen LogP contribution in [0.1, 0.15) is 21.5 Å². The van der Waals surface area contributed by atoms with Crippen LogP contribution in [-0.4, -0.2) is 25.1 Å². The van der Waals surface area contributed by atoms with E-state index in [2.05, 4.69) is 109 Å². The fourth-order valence-electron chi connectivity index (χ4n) is 2.65. The molecule has 0 aromatic heterocycles. The monoisotopic (exact) mass is 658 g/mol. The molecule has 0 bridgehead atoms. The standard InChI is InChI=1S/C16H14Br2S2.C8H7BrOS/c1-19-15-7-5-13(17)9-11(15)3-4-12-10-14(18)6-8-16(12)20-2;1-11-8-3-2-7(9)4-6(8)5-10/h3-10H,1-2H3;2-5H,1H3/b4-3+;. The highest BCUT2D eigenvalue weighted by Gasteiger charge is 2.02. The Labute approximate surface area is 222 Å². The predicted molar refractivity (Wildman–Crippen MR) is 152 cm³/mol. The fourth-order valence-corrected chi connectivity index (χ4v) is 5.46. The molecular formula is C24H21Br3OS3. The number of rotatable bonds is 6. The van der Waals surface area contributed by atoms with Gasteiger partial charge in [0.25, 0.3) is 0 Å². The second-order valence-electron chi connectivity index (χ2n) is 6.11. The van der Waals surface area contributed by atoms with Crippen LogP contribution in [-0.2, 0) is 0 Å². The maximum atomic E-state index is 10.5. The summed E-state index contributed by atoms with van der Waals surface area (Å²) >= 11 is 15.5. The maximum Gasteiger partial charge on any atom is 0.151 e. The maximum absolute atomic E-state index is 10.5. The Kier molecular flexibility index (Phi) is 12.1. The van der Waals surface area contributed by atoms with Crippen molar-refractivity contribution in [2.45, 2.75) is 14.7 Å². The van der Waals surface area contributed by atoms with E-state index in [1.807, 2.05) is 24.5 Å². The van der Waals surface area contributed by atoms with Gasteiger partial charge in [0.1, 0.15) is 0 Å². The SMILES string of the molecule is CSc1ccc(Br)cc1/C=C/c1cc(Br)ccc1SC.CSc1ccc(Br)cc1C=O. The molecule has 3 aromatic carbocycles. The van der Waals surface area contributed by atoms with Gasteiger partial charge in [-0.1, -0.05) is 59.9 Å². The van der Waals surface area contributed by atoms with E-state index >= 15 is 0 Å². The highest BCUT2D eigenvalue weighted by molar-refractivity contribution is 9.11. The summed E-state index contributed by atoms with van der Waals surface area (Å²) in [6.45, 7) is 0. The summed E-state index contributed by atoms with van der Waals surface area (Å²) in [5.74, 6) is 0. The van der Waals surface area contributed by atoms with Gasteiger partial charge in [-0.15, -0.1) is 35.3 Å². The molecule has 0 spiro atoms. The van der Waals surface area contributed by atoms with Crippen LogP contribution in [0.5, 0.6) is 0 Å². The smallest absolute Gasteiger partial charge is 0.151 e. The first-order valence-corrected chi connectivity index (χ1v) is 15.1. The van der Waals surface area contributed by atoms with Gasteiger partial charge < -0.3 is 0 Å². The van der Waals surface area contributed by atoms with Crippen LogP contribution in [0.3, 0.4) is 0 Å². The highest BCUT2D eigenvalue weighted by Crippen LogP contribution is 2.29. The first-order valence-electron chi connectivity index (χ1n) is 9.05. The molecule has 0 fully saturated rings. The molecule has 3 aromatic rings. The normalized spacial score (nSPS) is 10.6. The minimum absolute atomic E-state index is 0.742. The Hall–Kier alpha value is -0.440. The van der Waals surface area contributed by atoms with Crippen LogP contribution in [0.4, 0.5) is 0 Å². The summed E-state index contributed by atoms with van der Waals surface area (Å²) in [5.41, 5.74) is 3.21. The zero-order chi connectivity index (χ0) is 22.8. The van der Waals surface area contributed by atoms with Crippen LogP contribution >= 0.6 is 83.1 Å². The van der Waals surface area contributed by atoms with Gasteiger partial charge in [-0.3, -0.25) is 4.79 Å². The zero-order valence-corrected chi connectivity index (χ0v) is 24.4. The lowest BCUT2D eigenvalue weighted by Gasteiger charge is -2.06. The third-order valence-corrected chi connectivity index (χ3v) is 8.06. The van der Waals surface area contributed by atoms with E-state index in [0.717, 1.165) is 30.2 Å². The first-order chi connectivity index (χ1) is 14.9. The third-order valence-electron chi connectivity index (χ3n) is 4.14. The molecule has 0 unspecified atom stereocenters. The average molecular weight is 661 g/mol. The molecule has 0 saturated carbocycles. The number of carbonyl (C=O) groups excluding carboxylic acids is 1. The van der Waals surface area contributed by atoms with Gasteiger partial charge >= 0.3 is 0 Å². The van der Waals surface area contributed by atoms with Crippen molar-refractivity contribution in [3.05, 3.63) is 84.7 Å². The van der Waals surface area contributed by atoms with E-state index in [1.54, 1.807) is 35.3 Å². The molecular weight excluding hydrogens is 640 g/mol. The largest absolute Gasteiger partial charge is 0.298 e. The molecule has 1 nitrogen and oxygen atoms in total. The average Bonchev–Trinajstić information content (AvgIpc) is 2.78. The lowest BCUT2D eigenvalue weighted by Crippen LogP contribution is -1.83. The first kappa shape index (κ1) is 26.8. The van der Waals surface area contributed by atoms with Crippen molar-refractivity contribution in [3.8, 4) is 0 Å². The van der Waals surface area contributed by atoms with Crippen molar-refractivity contribution in [2.75, 3.05) is 18.8 Å². The van der Waals surface area contributed by atoms with Gasteiger partial charge in [-0.05, 0) is 84.5 Å². The molecule has 0 atom stereocenters. The summed E-state index contributed by atoms with van der Waals surface area (Å²) < 4.78 is 3.15. The molecule has 0 N–H and O–H groups in total. The van der Waals surface area contributed by atoms with E-state index in [1.165, 1.54) is 20.9 Å². The summed E-state index contributed by atoms with van der Waals surface area (Å²) in [5, 5.41) is 0. The molecule has 0 heterocycles. The summed E-state index contributed by atoms with van der Waals surface area (Å²) in [4.78, 5) is 14.1. The van der Waals surface area contributed by atoms with Crippen LogP contribution < -0.4 is 0 Å².